The molecular formula is C16H16N4O3S. The van der Waals surface area contributed by atoms with Crippen LogP contribution in [-0.4, -0.2) is 28.2 Å². The zero-order valence-corrected chi connectivity index (χ0v) is 14.3. The Morgan fingerprint density at radius 2 is 2.21 bits per heavy atom. The molecule has 0 radical (unpaired) electrons. The average molecular weight is 344 g/mol. The van der Waals surface area contributed by atoms with E-state index in [-0.39, 0.29) is 5.91 Å². The first-order valence-electron chi connectivity index (χ1n) is 7.35. The molecule has 0 aromatic carbocycles. The van der Waals surface area contributed by atoms with Crippen LogP contribution in [0.3, 0.4) is 0 Å². The number of carbonyl (C=O) groups excluding carboxylic acids is 1. The van der Waals surface area contributed by atoms with Gasteiger partial charge in [0.1, 0.15) is 0 Å². The molecule has 0 atom stereocenters. The zero-order valence-electron chi connectivity index (χ0n) is 13.5. The molecule has 0 aliphatic carbocycles. The molecule has 0 aliphatic heterocycles. The number of nitrogens with one attached hydrogen (secondary N) is 1. The van der Waals surface area contributed by atoms with Crippen LogP contribution in [0.15, 0.2) is 28.8 Å². The van der Waals surface area contributed by atoms with Gasteiger partial charge in [0.25, 0.3) is 11.8 Å². The van der Waals surface area contributed by atoms with Gasteiger partial charge < -0.3 is 14.5 Å². The Morgan fingerprint density at radius 1 is 1.38 bits per heavy atom. The molecule has 3 rings (SSSR count). The van der Waals surface area contributed by atoms with Crippen molar-refractivity contribution < 1.29 is 13.9 Å². The lowest BCUT2D eigenvalue weighted by Gasteiger charge is -2.04. The molecule has 0 unspecified atom stereocenters. The smallest absolute Gasteiger partial charge is 0.257 e. The van der Waals surface area contributed by atoms with Gasteiger partial charge in [0.05, 0.1) is 23.2 Å². The van der Waals surface area contributed by atoms with E-state index in [1.807, 2.05) is 19.9 Å². The summed E-state index contributed by atoms with van der Waals surface area (Å²) < 4.78 is 10.5. The van der Waals surface area contributed by atoms with E-state index in [0.717, 1.165) is 9.75 Å². The lowest BCUT2D eigenvalue weighted by atomic mass is 10.2. The Morgan fingerprint density at radius 3 is 2.83 bits per heavy atom. The quantitative estimate of drug-likeness (QED) is 0.763. The summed E-state index contributed by atoms with van der Waals surface area (Å²) in [4.78, 5) is 18.1. The molecule has 0 aliphatic rings. The third-order valence-corrected chi connectivity index (χ3v) is 4.39. The Balaban J connectivity index is 1.78. The second kappa shape index (κ2) is 6.79. The summed E-state index contributed by atoms with van der Waals surface area (Å²) >= 11 is 1.49. The van der Waals surface area contributed by atoms with Gasteiger partial charge in [0.2, 0.25) is 11.8 Å². The molecule has 8 heteroatoms. The fourth-order valence-electron chi connectivity index (χ4n) is 2.04. The molecule has 3 aromatic rings. The third kappa shape index (κ3) is 3.28. The van der Waals surface area contributed by atoms with Gasteiger partial charge in [-0.05, 0) is 19.1 Å². The van der Waals surface area contributed by atoms with E-state index in [0.29, 0.717) is 35.3 Å². The number of carbonyl (C=O) groups is 1. The van der Waals surface area contributed by atoms with Gasteiger partial charge in [0, 0.05) is 23.6 Å². The van der Waals surface area contributed by atoms with Crippen LogP contribution in [0.4, 0.5) is 5.69 Å². The highest BCUT2D eigenvalue weighted by molar-refractivity contribution is 7.15. The first kappa shape index (κ1) is 16.1. The van der Waals surface area contributed by atoms with Crippen molar-refractivity contribution in [2.75, 3.05) is 12.4 Å². The molecule has 0 saturated heterocycles. The molecule has 124 valence electrons. The number of nitrogens with zero attached hydrogens (tertiary/aromatic N) is 3. The number of rotatable bonds is 5. The molecule has 0 spiro atoms. The van der Waals surface area contributed by atoms with Crippen LogP contribution in [0.2, 0.25) is 0 Å². The van der Waals surface area contributed by atoms with Crippen LogP contribution in [0.1, 0.15) is 28.0 Å². The van der Waals surface area contributed by atoms with Crippen molar-refractivity contribution in [2.24, 2.45) is 0 Å². The van der Waals surface area contributed by atoms with E-state index in [2.05, 4.69) is 20.5 Å². The highest BCUT2D eigenvalue weighted by atomic mass is 32.1. The van der Waals surface area contributed by atoms with Crippen LogP contribution >= 0.6 is 11.3 Å². The molecular weight excluding hydrogens is 328 g/mol. The minimum Gasteiger partial charge on any atom is -0.481 e. The van der Waals surface area contributed by atoms with Crippen LogP contribution in [0.25, 0.3) is 10.8 Å². The highest BCUT2D eigenvalue weighted by Crippen LogP contribution is 2.33. The maximum atomic E-state index is 12.3. The predicted molar refractivity (Wildman–Crippen MR) is 90.5 cm³/mol. The van der Waals surface area contributed by atoms with E-state index in [4.69, 9.17) is 9.15 Å². The number of pyridine rings is 1. The number of aromatic nitrogens is 3. The Labute approximate surface area is 142 Å². The largest absolute Gasteiger partial charge is 0.481 e. The van der Waals surface area contributed by atoms with E-state index >= 15 is 0 Å². The van der Waals surface area contributed by atoms with E-state index in [9.17, 15) is 4.79 Å². The number of methoxy groups -OCH3 is 1. The van der Waals surface area contributed by atoms with E-state index in [1.54, 1.807) is 12.1 Å². The van der Waals surface area contributed by atoms with Gasteiger partial charge >= 0.3 is 0 Å². The molecule has 7 nitrogen and oxygen atoms in total. The van der Waals surface area contributed by atoms with Gasteiger partial charge in [0.15, 0.2) is 0 Å². The molecule has 3 heterocycles. The molecule has 1 N–H and O–H groups in total. The normalized spacial score (nSPS) is 10.6. The zero-order chi connectivity index (χ0) is 17.1. The summed E-state index contributed by atoms with van der Waals surface area (Å²) in [7, 11) is 1.53. The van der Waals surface area contributed by atoms with Crippen LogP contribution in [0.5, 0.6) is 5.88 Å². The number of amides is 1. The summed E-state index contributed by atoms with van der Waals surface area (Å²) in [5.74, 6) is 1.28. The number of hydrogen-bond acceptors (Lipinski definition) is 7. The topological polar surface area (TPSA) is 90.1 Å². The van der Waals surface area contributed by atoms with Crippen molar-refractivity contribution in [3.05, 3.63) is 40.7 Å². The maximum absolute atomic E-state index is 12.3. The minimum absolute atomic E-state index is 0.239. The standard InChI is InChI=1S/C16H16N4O3S/c1-4-13-19-20-16(23-13)12-7-11(9(2)24-12)18-15(21)10-5-6-14(22-3)17-8-10/h5-8H,4H2,1-3H3,(H,18,21). The van der Waals surface area contributed by atoms with Crippen molar-refractivity contribution in [1.29, 1.82) is 0 Å². The lowest BCUT2D eigenvalue weighted by molar-refractivity contribution is 0.102. The van der Waals surface area contributed by atoms with Gasteiger partial charge in [-0.1, -0.05) is 6.92 Å². The number of aryl methyl sites for hydroxylation is 2. The van der Waals surface area contributed by atoms with Crippen molar-refractivity contribution in [2.45, 2.75) is 20.3 Å². The summed E-state index contributed by atoms with van der Waals surface area (Å²) in [6.07, 6.45) is 2.16. The number of anilines is 1. The number of ether oxygens (including phenoxy) is 1. The fraction of sp³-hybridized carbons (Fsp3) is 0.250. The Bertz CT molecular complexity index is 855. The van der Waals surface area contributed by atoms with Crippen LogP contribution in [0, 0.1) is 6.92 Å². The average Bonchev–Trinajstić information content (AvgIpc) is 3.22. The fourth-order valence-corrected chi connectivity index (χ4v) is 2.93. The SMILES string of the molecule is CCc1nnc(-c2cc(NC(=O)c3ccc(OC)nc3)c(C)s2)o1. The molecule has 0 fully saturated rings. The van der Waals surface area contributed by atoms with Crippen molar-refractivity contribution >= 4 is 22.9 Å². The van der Waals surface area contributed by atoms with Gasteiger partial charge in [-0.25, -0.2) is 4.98 Å². The summed E-state index contributed by atoms with van der Waals surface area (Å²) in [6.45, 7) is 3.87. The molecule has 3 aromatic heterocycles. The predicted octanol–water partition coefficient (Wildman–Crippen LogP) is 3.32. The Hall–Kier alpha value is -2.74. The summed E-state index contributed by atoms with van der Waals surface area (Å²) in [5.41, 5.74) is 1.17. The molecule has 0 saturated carbocycles. The third-order valence-electron chi connectivity index (χ3n) is 3.35. The molecule has 24 heavy (non-hydrogen) atoms. The summed E-state index contributed by atoms with van der Waals surface area (Å²) in [6, 6.07) is 5.14. The first-order chi connectivity index (χ1) is 11.6. The van der Waals surface area contributed by atoms with Gasteiger partial charge in [-0.15, -0.1) is 21.5 Å². The number of thiophene rings is 1. The van der Waals surface area contributed by atoms with Gasteiger partial charge in [-0.3, -0.25) is 4.79 Å². The number of hydrogen-bond donors (Lipinski definition) is 1. The lowest BCUT2D eigenvalue weighted by Crippen LogP contribution is -2.12. The monoisotopic (exact) mass is 344 g/mol. The van der Waals surface area contributed by atoms with Gasteiger partial charge in [-0.2, -0.15) is 0 Å². The highest BCUT2D eigenvalue weighted by Gasteiger charge is 2.15. The van der Waals surface area contributed by atoms with Crippen molar-refractivity contribution in [3.63, 3.8) is 0 Å². The molecule has 1 amide bonds. The van der Waals surface area contributed by atoms with Crippen LogP contribution in [-0.2, 0) is 6.42 Å². The molecule has 0 bridgehead atoms. The van der Waals surface area contributed by atoms with E-state index in [1.165, 1.54) is 24.6 Å². The summed E-state index contributed by atoms with van der Waals surface area (Å²) in [5, 5.41) is 10.9. The minimum atomic E-state index is -0.239. The maximum Gasteiger partial charge on any atom is 0.257 e. The van der Waals surface area contributed by atoms with Crippen molar-refractivity contribution in [3.8, 4) is 16.6 Å². The van der Waals surface area contributed by atoms with Crippen molar-refractivity contribution in [1.82, 2.24) is 15.2 Å². The second-order valence-electron chi connectivity index (χ2n) is 4.98. The Kier molecular flexibility index (Phi) is 4.57. The second-order valence-corrected chi connectivity index (χ2v) is 6.23. The first-order valence-corrected chi connectivity index (χ1v) is 8.17. The van der Waals surface area contributed by atoms with E-state index < -0.39 is 0 Å². The van der Waals surface area contributed by atoms with Crippen LogP contribution < -0.4 is 10.1 Å².